The van der Waals surface area contributed by atoms with Crippen LogP contribution in [0, 0.1) is 18.6 Å². The normalized spacial score (nSPS) is 19.2. The molecule has 3 aromatic rings. The second-order valence-corrected chi connectivity index (χ2v) is 12.1. The number of nitrogens with zero attached hydrogens (tertiary/aromatic N) is 5. The van der Waals surface area contributed by atoms with Gasteiger partial charge in [-0.25, -0.2) is 18.7 Å². The van der Waals surface area contributed by atoms with Crippen molar-refractivity contribution in [3.05, 3.63) is 28.5 Å². The van der Waals surface area contributed by atoms with Crippen LogP contribution in [0.1, 0.15) is 82.5 Å². The first-order chi connectivity index (χ1) is 22.0. The van der Waals surface area contributed by atoms with Crippen molar-refractivity contribution in [1.29, 1.82) is 0 Å². The molecule has 14 heteroatoms. The number of hydrogen-bond acceptors (Lipinski definition) is 9. The molecule has 6 rings (SSSR count). The second kappa shape index (κ2) is 13.8. The lowest BCUT2D eigenvalue weighted by molar-refractivity contribution is -0.137. The largest absolute Gasteiger partial charge is 0.461 e. The molecule has 1 atom stereocenters. The molecule has 3 aromatic heterocycles. The van der Waals surface area contributed by atoms with Crippen LogP contribution >= 0.6 is 0 Å². The minimum absolute atomic E-state index is 0.0415. The average Bonchev–Trinajstić information content (AvgIpc) is 3.60. The number of anilines is 2. The van der Waals surface area contributed by atoms with Gasteiger partial charge >= 0.3 is 12.2 Å². The van der Waals surface area contributed by atoms with E-state index in [9.17, 15) is 17.6 Å². The first-order valence-corrected chi connectivity index (χ1v) is 16.3. The quantitative estimate of drug-likeness (QED) is 0.188. The lowest BCUT2D eigenvalue weighted by atomic mass is 9.95. The molecule has 0 aromatic carbocycles. The van der Waals surface area contributed by atoms with Crippen LogP contribution in [0.5, 0.6) is 6.01 Å². The Bertz CT molecular complexity index is 1560. The first-order valence-electron chi connectivity index (χ1n) is 16.3. The summed E-state index contributed by atoms with van der Waals surface area (Å²) in [5.74, 6) is -2.91. The number of hydrogen-bond donors (Lipinski definition) is 3. The monoisotopic (exact) mass is 650 g/mol. The Balaban J connectivity index is 0.00000204. The second-order valence-electron chi connectivity index (χ2n) is 12.1. The van der Waals surface area contributed by atoms with Gasteiger partial charge in [-0.1, -0.05) is 20.8 Å². The van der Waals surface area contributed by atoms with Crippen LogP contribution in [0.15, 0.2) is 0 Å². The van der Waals surface area contributed by atoms with E-state index in [1.54, 1.807) is 0 Å². The average molecular weight is 651 g/mol. The van der Waals surface area contributed by atoms with Crippen molar-refractivity contribution in [3.8, 4) is 17.4 Å². The molecule has 2 saturated heterocycles. The van der Waals surface area contributed by atoms with Crippen LogP contribution < -0.4 is 21.1 Å². The number of ether oxygens (including phenoxy) is 1. The van der Waals surface area contributed by atoms with Crippen LogP contribution in [0.2, 0.25) is 0 Å². The number of rotatable bonds is 8. The molecule has 3 aliphatic heterocycles. The van der Waals surface area contributed by atoms with Gasteiger partial charge in [0.25, 0.3) is 0 Å². The Morgan fingerprint density at radius 2 is 1.74 bits per heavy atom. The molecule has 3 aliphatic rings. The van der Waals surface area contributed by atoms with Gasteiger partial charge in [0.05, 0.1) is 22.2 Å². The van der Waals surface area contributed by atoms with Gasteiger partial charge < -0.3 is 21.1 Å². The molecular weight excluding hydrogens is 607 g/mol. The molecule has 252 valence electrons. The number of nitrogens with one attached hydrogen (secondary N) is 2. The number of aromatic nitrogens is 4. The fraction of sp³-hybridized carbons (Fsp3) is 0.625. The highest BCUT2D eigenvalue weighted by Gasteiger charge is 2.45. The molecule has 0 amide bonds. The summed E-state index contributed by atoms with van der Waals surface area (Å²) in [6.45, 7) is 10.8. The maximum Gasteiger partial charge on any atom is 0.418 e. The highest BCUT2D eigenvalue weighted by molar-refractivity contribution is 5.94. The van der Waals surface area contributed by atoms with Gasteiger partial charge in [-0.3, -0.25) is 4.90 Å². The van der Waals surface area contributed by atoms with E-state index in [-0.39, 0.29) is 28.5 Å². The van der Waals surface area contributed by atoms with Crippen LogP contribution in [-0.2, 0) is 12.6 Å². The molecule has 2 fully saturated rings. The lowest BCUT2D eigenvalue weighted by Crippen LogP contribution is -2.43. The molecule has 6 heterocycles. The van der Waals surface area contributed by atoms with Crippen LogP contribution in [0.4, 0.5) is 33.6 Å². The minimum atomic E-state index is -5.05. The number of fused-ring (bicyclic) bond motifs is 1. The Labute approximate surface area is 265 Å². The van der Waals surface area contributed by atoms with Crippen molar-refractivity contribution in [1.82, 2.24) is 30.2 Å². The number of halogens is 5. The Morgan fingerprint density at radius 1 is 1.02 bits per heavy atom. The molecule has 0 bridgehead atoms. The van der Waals surface area contributed by atoms with Crippen molar-refractivity contribution in [3.63, 3.8) is 0 Å². The van der Waals surface area contributed by atoms with Gasteiger partial charge in [0, 0.05) is 18.2 Å². The summed E-state index contributed by atoms with van der Waals surface area (Å²) < 4.78 is 80.0. The molecule has 0 spiro atoms. The highest BCUT2D eigenvalue weighted by Crippen LogP contribution is 2.43. The fourth-order valence-electron chi connectivity index (χ4n) is 7.00. The topological polar surface area (TPSA) is 114 Å². The van der Waals surface area contributed by atoms with E-state index in [2.05, 4.69) is 42.4 Å². The molecule has 4 N–H and O–H groups in total. The highest BCUT2D eigenvalue weighted by atomic mass is 19.4. The van der Waals surface area contributed by atoms with Gasteiger partial charge in [-0.15, -0.1) is 0 Å². The number of pyridine rings is 2. The van der Waals surface area contributed by atoms with Crippen LogP contribution in [0.25, 0.3) is 22.3 Å². The zero-order chi connectivity index (χ0) is 33.2. The molecule has 9 nitrogen and oxygen atoms in total. The number of nitrogens with two attached hydrogens (primary N) is 1. The summed E-state index contributed by atoms with van der Waals surface area (Å²) >= 11 is 0. The summed E-state index contributed by atoms with van der Waals surface area (Å²) in [5, 5.41) is 7.08. The van der Waals surface area contributed by atoms with Crippen molar-refractivity contribution in [2.24, 2.45) is 0 Å². The Morgan fingerprint density at radius 3 is 2.41 bits per heavy atom. The van der Waals surface area contributed by atoms with E-state index in [1.807, 2.05) is 13.8 Å². The van der Waals surface area contributed by atoms with Gasteiger partial charge in [0.15, 0.2) is 17.5 Å². The van der Waals surface area contributed by atoms with Gasteiger partial charge in [0.2, 0.25) is 0 Å². The first kappa shape index (κ1) is 34.0. The third-order valence-corrected chi connectivity index (χ3v) is 9.15. The third kappa shape index (κ3) is 6.42. The maximum atomic E-state index is 16.5. The van der Waals surface area contributed by atoms with Crippen molar-refractivity contribution in [2.45, 2.75) is 96.8 Å². The van der Waals surface area contributed by atoms with Gasteiger partial charge in [0.1, 0.15) is 29.3 Å². The fourth-order valence-corrected chi connectivity index (χ4v) is 7.00. The molecule has 1 unspecified atom stereocenters. The SMILES string of the molecule is CC.CCCNCC1CCCc2nc(-c3nc(N)c(F)c(C)c3C(F)(F)F)c(F)c3nc(OCC45CCCN4CCC5)nc(c23)N1. The minimum Gasteiger partial charge on any atom is -0.461 e. The standard InChI is InChI=1S/C30H37F5N8O.C2H6/c1-3-11-37-14-17-7-4-8-18-19-23(22(32)25(39-18)24-20(30(33,34)35)16(2)21(31)26(36)40-24)41-28(42-27(19)38-17)44-15-29-9-5-12-43(29)13-6-10-29;1-2/h17,37H,3-15H2,1-2H3,(H2,36,40)(H,38,41,42);1-2H3. The lowest BCUT2D eigenvalue weighted by Gasteiger charge is -2.31. The molecule has 0 saturated carbocycles. The summed E-state index contributed by atoms with van der Waals surface area (Å²) in [4.78, 5) is 19.5. The van der Waals surface area contributed by atoms with E-state index in [4.69, 9.17) is 10.5 Å². The van der Waals surface area contributed by atoms with E-state index in [0.29, 0.717) is 43.9 Å². The Kier molecular flexibility index (Phi) is 10.2. The summed E-state index contributed by atoms with van der Waals surface area (Å²) in [6, 6.07) is -0.116. The van der Waals surface area contributed by atoms with Crippen molar-refractivity contribution in [2.75, 3.05) is 43.8 Å². The summed E-state index contributed by atoms with van der Waals surface area (Å²) in [7, 11) is 0. The van der Waals surface area contributed by atoms with Crippen molar-refractivity contribution < 1.29 is 26.7 Å². The van der Waals surface area contributed by atoms with Crippen LogP contribution in [-0.4, -0.2) is 69.2 Å². The van der Waals surface area contributed by atoms with E-state index in [1.165, 1.54) is 0 Å². The number of alkyl halides is 3. The van der Waals surface area contributed by atoms with Gasteiger partial charge in [-0.05, 0) is 77.9 Å². The maximum absolute atomic E-state index is 16.5. The Hall–Kier alpha value is -3.39. The number of aryl methyl sites for hydroxylation is 1. The predicted octanol–water partition coefficient (Wildman–Crippen LogP) is 6.42. The number of nitrogen functional groups attached to an aromatic ring is 1. The zero-order valence-electron chi connectivity index (χ0n) is 26.9. The van der Waals surface area contributed by atoms with E-state index in [0.717, 1.165) is 58.7 Å². The summed E-state index contributed by atoms with van der Waals surface area (Å²) in [6.07, 6.45) is 1.64. The molecule has 0 radical (unpaired) electrons. The molecular formula is C32H43F5N8O. The summed E-state index contributed by atoms with van der Waals surface area (Å²) in [5.41, 5.74) is 1.82. The van der Waals surface area contributed by atoms with Crippen molar-refractivity contribution >= 4 is 22.5 Å². The predicted molar refractivity (Wildman–Crippen MR) is 168 cm³/mol. The van der Waals surface area contributed by atoms with Gasteiger partial charge in [-0.2, -0.15) is 23.1 Å². The van der Waals surface area contributed by atoms with E-state index >= 15 is 4.39 Å². The van der Waals surface area contributed by atoms with E-state index < -0.39 is 46.1 Å². The molecule has 46 heavy (non-hydrogen) atoms. The zero-order valence-corrected chi connectivity index (χ0v) is 26.9. The third-order valence-electron chi connectivity index (χ3n) is 9.15. The molecule has 0 aliphatic carbocycles. The van der Waals surface area contributed by atoms with Crippen LogP contribution in [0.3, 0.4) is 0 Å². The smallest absolute Gasteiger partial charge is 0.418 e.